The molecule has 0 aliphatic rings. The number of hydrogen-bond acceptors (Lipinski definition) is 5. The lowest BCUT2D eigenvalue weighted by Crippen LogP contribution is -1.80. The summed E-state index contributed by atoms with van der Waals surface area (Å²) >= 11 is 0. The van der Waals surface area contributed by atoms with Crippen LogP contribution in [0.1, 0.15) is 0 Å². The van der Waals surface area contributed by atoms with E-state index >= 15 is 0 Å². The van der Waals surface area contributed by atoms with E-state index in [2.05, 4.69) is 10.6 Å². The molecule has 82 valence electrons. The quantitative estimate of drug-likeness (QED) is 0.573. The van der Waals surface area contributed by atoms with E-state index in [1.807, 2.05) is 0 Å². The molecule has 0 aromatic carbocycles. The zero-order valence-electron chi connectivity index (χ0n) is 5.43. The molecule has 0 aliphatic carbocycles. The fourth-order valence-corrected chi connectivity index (χ4v) is 1.05. The average molecular weight is 306 g/mol. The van der Waals surface area contributed by atoms with E-state index in [0.717, 1.165) is 0 Å². The van der Waals surface area contributed by atoms with Gasteiger partial charge in [0.25, 0.3) is 7.57 Å². The lowest BCUT2D eigenvalue weighted by atomic mass is 12.0. The Bertz CT molecular complexity index is 114. The lowest BCUT2D eigenvalue weighted by Gasteiger charge is -2.08. The standard InChI is InChI=1S/CH6O5P2.4ClH/c1-8(4,5)6-7(2)3;;;;/h2-5H,1H2;4*1H. The molecule has 0 aliphatic heterocycles. The number of hydrogen-bond donors (Lipinski definition) is 4. The maximum Gasteiger partial charge on any atom is 0.334 e. The Hall–Kier alpha value is 1.69. The van der Waals surface area contributed by atoms with Gasteiger partial charge in [-0.25, -0.2) is 4.31 Å². The van der Waals surface area contributed by atoms with Crippen LogP contribution in [0, 0.1) is 0 Å². The Kier molecular flexibility index (Phi) is 30.9. The molecule has 0 fully saturated rings. The molecule has 11 heteroatoms. The van der Waals surface area contributed by atoms with Crippen LogP contribution in [0.2, 0.25) is 0 Å². The zero-order valence-corrected chi connectivity index (χ0v) is 10.5. The highest BCUT2D eigenvalue weighted by molar-refractivity contribution is 7.64. The molecule has 0 bridgehead atoms. The van der Waals surface area contributed by atoms with Crippen LogP contribution >= 0.6 is 65.8 Å². The van der Waals surface area contributed by atoms with Crippen molar-refractivity contribution in [1.29, 1.82) is 0 Å². The molecule has 0 atom stereocenters. The summed E-state index contributed by atoms with van der Waals surface area (Å²) in [7, 11) is -6.39. The molecular weight excluding hydrogens is 296 g/mol. The summed E-state index contributed by atoms with van der Waals surface area (Å²) in [5, 5.41) is 0. The minimum atomic E-state index is -3.69. The molecule has 0 aromatic heterocycles. The molecule has 5 nitrogen and oxygen atoms in total. The van der Waals surface area contributed by atoms with Crippen molar-refractivity contribution in [3.63, 3.8) is 0 Å². The van der Waals surface area contributed by atoms with E-state index in [4.69, 9.17) is 19.6 Å². The van der Waals surface area contributed by atoms with Crippen LogP contribution < -0.4 is 0 Å². The van der Waals surface area contributed by atoms with Gasteiger partial charge in [-0.3, -0.25) is 0 Å². The molecular formula is CH10Cl4O5P2. The second-order valence-corrected chi connectivity index (χ2v) is 3.49. The van der Waals surface area contributed by atoms with Crippen LogP contribution in [0.25, 0.3) is 0 Å². The Morgan fingerprint density at radius 3 is 1.25 bits per heavy atom. The van der Waals surface area contributed by atoms with Crippen LogP contribution in [-0.4, -0.2) is 25.9 Å². The van der Waals surface area contributed by atoms with Crippen molar-refractivity contribution in [3.05, 3.63) is 0 Å². The third-order valence-electron chi connectivity index (χ3n) is 0.204. The lowest BCUT2D eigenvalue weighted by molar-refractivity contribution is 0.320. The van der Waals surface area contributed by atoms with Gasteiger partial charge in [-0.1, -0.05) is 0 Å². The van der Waals surface area contributed by atoms with Gasteiger partial charge < -0.3 is 19.6 Å². The second kappa shape index (κ2) is 12.7. The Morgan fingerprint density at radius 1 is 1.00 bits per heavy atom. The second-order valence-electron chi connectivity index (χ2n) is 0.999. The first kappa shape index (κ1) is 29.2. The van der Waals surface area contributed by atoms with E-state index in [1.54, 1.807) is 0 Å². The molecule has 0 radical (unpaired) electrons. The minimum absolute atomic E-state index is 0. The first-order chi connectivity index (χ1) is 3.42. The summed E-state index contributed by atoms with van der Waals surface area (Å²) < 4.78 is 3.72. The average Bonchev–Trinajstić information content (AvgIpc) is 1.21. The SMILES string of the molecule is C=P(O)(O)OP(O)O.Cl.Cl.Cl.Cl. The first-order valence-corrected chi connectivity index (χ1v) is 4.44. The molecule has 0 amide bonds. The predicted molar refractivity (Wildman–Crippen MR) is 59.9 cm³/mol. The smallest absolute Gasteiger partial charge is 0.333 e. The van der Waals surface area contributed by atoms with Gasteiger partial charge in [-0.2, -0.15) is 0 Å². The summed E-state index contributed by atoms with van der Waals surface area (Å²) in [6, 6.07) is 0. The first-order valence-electron chi connectivity index (χ1n) is 1.48. The third kappa shape index (κ3) is 29.8. The van der Waals surface area contributed by atoms with Gasteiger partial charge >= 0.3 is 8.60 Å². The highest BCUT2D eigenvalue weighted by Crippen LogP contribution is 2.48. The minimum Gasteiger partial charge on any atom is -0.333 e. The van der Waals surface area contributed by atoms with E-state index < -0.39 is 16.2 Å². The highest BCUT2D eigenvalue weighted by atomic mass is 35.5. The van der Waals surface area contributed by atoms with Gasteiger partial charge in [0.2, 0.25) is 0 Å². The van der Waals surface area contributed by atoms with Crippen LogP contribution in [0.3, 0.4) is 0 Å². The molecule has 0 heterocycles. The Morgan fingerprint density at radius 2 is 1.25 bits per heavy atom. The molecule has 0 spiro atoms. The van der Waals surface area contributed by atoms with E-state index in [9.17, 15) is 0 Å². The van der Waals surface area contributed by atoms with Crippen molar-refractivity contribution in [2.75, 3.05) is 0 Å². The predicted octanol–water partition coefficient (Wildman–Crippen LogP) is 1.08. The summed E-state index contributed by atoms with van der Waals surface area (Å²) in [5.74, 6) is 0. The fraction of sp³-hybridized carbons (Fsp3) is 0. The van der Waals surface area contributed by atoms with E-state index in [0.29, 0.717) is 0 Å². The van der Waals surface area contributed by atoms with Crippen LogP contribution in [-0.2, 0) is 4.31 Å². The Labute approximate surface area is 96.0 Å². The summed E-state index contributed by atoms with van der Waals surface area (Å²) in [4.78, 5) is 32.3. The van der Waals surface area contributed by atoms with Crippen LogP contribution in [0.15, 0.2) is 0 Å². The summed E-state index contributed by atoms with van der Waals surface area (Å²) in [6.07, 6.45) is 2.71. The van der Waals surface area contributed by atoms with Crippen LogP contribution in [0.4, 0.5) is 0 Å². The van der Waals surface area contributed by atoms with Gasteiger partial charge in [-0.15, -0.1) is 49.6 Å². The maximum atomic E-state index is 8.22. The normalized spacial score (nSPS) is 8.42. The summed E-state index contributed by atoms with van der Waals surface area (Å²) in [5.41, 5.74) is 0. The number of rotatable bonds is 2. The van der Waals surface area contributed by atoms with Gasteiger partial charge in [0.1, 0.15) is 0 Å². The Balaban J connectivity index is -0.0000000408. The topological polar surface area (TPSA) is 90.2 Å². The van der Waals surface area contributed by atoms with Crippen molar-refractivity contribution in [2.45, 2.75) is 0 Å². The van der Waals surface area contributed by atoms with Gasteiger partial charge in [0.05, 0.1) is 0 Å². The van der Waals surface area contributed by atoms with Crippen molar-refractivity contribution in [1.82, 2.24) is 0 Å². The fourth-order valence-electron chi connectivity index (χ4n) is 0.117. The molecule has 0 unspecified atom stereocenters. The monoisotopic (exact) mass is 304 g/mol. The van der Waals surface area contributed by atoms with Gasteiger partial charge in [0, 0.05) is 0 Å². The maximum absolute atomic E-state index is 8.22. The van der Waals surface area contributed by atoms with Crippen molar-refractivity contribution in [2.24, 2.45) is 0 Å². The van der Waals surface area contributed by atoms with Crippen LogP contribution in [0.5, 0.6) is 0 Å². The van der Waals surface area contributed by atoms with E-state index in [-0.39, 0.29) is 49.6 Å². The third-order valence-corrected chi connectivity index (χ3v) is 1.83. The van der Waals surface area contributed by atoms with Gasteiger partial charge in [0.15, 0.2) is 0 Å². The zero-order chi connectivity index (χ0) is 6.78. The molecule has 0 saturated heterocycles. The molecule has 12 heavy (non-hydrogen) atoms. The number of halogens is 4. The molecule has 0 rings (SSSR count). The molecule has 0 aromatic rings. The van der Waals surface area contributed by atoms with Crippen molar-refractivity contribution < 1.29 is 23.9 Å². The van der Waals surface area contributed by atoms with Gasteiger partial charge in [-0.05, 0) is 6.30 Å². The molecule has 4 N–H and O–H groups in total. The van der Waals surface area contributed by atoms with Crippen molar-refractivity contribution in [3.8, 4) is 0 Å². The summed E-state index contributed by atoms with van der Waals surface area (Å²) in [6.45, 7) is 0. The highest BCUT2D eigenvalue weighted by Gasteiger charge is 2.10. The molecule has 0 saturated carbocycles. The largest absolute Gasteiger partial charge is 0.334 e. The van der Waals surface area contributed by atoms with E-state index in [1.165, 1.54) is 0 Å². The van der Waals surface area contributed by atoms with Crippen molar-refractivity contribution >= 4 is 72.1 Å².